The van der Waals surface area contributed by atoms with Gasteiger partial charge in [-0.2, -0.15) is 0 Å². The Morgan fingerprint density at radius 2 is 0.865 bits per heavy atom. The highest BCUT2D eigenvalue weighted by Crippen LogP contribution is 2.38. The van der Waals surface area contributed by atoms with Crippen molar-refractivity contribution in [1.82, 2.24) is 0 Å². The van der Waals surface area contributed by atoms with Crippen LogP contribution in [0.3, 0.4) is 0 Å². The van der Waals surface area contributed by atoms with Crippen molar-refractivity contribution in [3.8, 4) is 46.3 Å². The Hall–Kier alpha value is -6.65. The Morgan fingerprint density at radius 3 is 1.25 bits per heavy atom. The molecule has 0 heterocycles. The molecule has 0 spiro atoms. The highest BCUT2D eigenvalue weighted by molar-refractivity contribution is 5.72. The molecule has 52 heavy (non-hydrogen) atoms. The molecule has 0 aliphatic heterocycles. The smallest absolute Gasteiger partial charge is 0.308 e. The zero-order valence-corrected chi connectivity index (χ0v) is 29.0. The van der Waals surface area contributed by atoms with Crippen LogP contribution in [-0.2, 0) is 31.2 Å². The second-order valence-corrected chi connectivity index (χ2v) is 11.7. The fraction of sp³-hybridized carbons (Fsp3) is 0.133. The Balaban J connectivity index is 1.42. The molecule has 0 radical (unpaired) electrons. The van der Waals surface area contributed by atoms with Gasteiger partial charge in [0.05, 0.1) is 12.7 Å². The van der Waals surface area contributed by atoms with Gasteiger partial charge in [0.2, 0.25) is 0 Å². The minimum atomic E-state index is -0.502. The number of rotatable bonds is 14. The van der Waals surface area contributed by atoms with Crippen molar-refractivity contribution in [3.63, 3.8) is 0 Å². The summed E-state index contributed by atoms with van der Waals surface area (Å²) in [6, 6.07) is 46.3. The first-order valence-electron chi connectivity index (χ1n) is 16.8. The van der Waals surface area contributed by atoms with Crippen LogP contribution in [0.1, 0.15) is 40.3 Å². The molecule has 7 heteroatoms. The highest BCUT2D eigenvalue weighted by Gasteiger charge is 2.17. The maximum absolute atomic E-state index is 12.3. The largest absolute Gasteiger partial charge is 0.496 e. The molecule has 0 bridgehead atoms. The van der Waals surface area contributed by atoms with Crippen LogP contribution in [0.5, 0.6) is 34.5 Å². The van der Waals surface area contributed by atoms with Gasteiger partial charge >= 0.3 is 5.97 Å². The van der Waals surface area contributed by atoms with Gasteiger partial charge < -0.3 is 28.4 Å². The SMILES string of the molecule is COc1cc(OCc2ccccc2)c(C#Cc2cc(OCc3ccccc3)c(OCc3ccccc3)cc2OC(C)=O)c(OCc2ccccc2)c1. The second-order valence-electron chi connectivity index (χ2n) is 11.7. The lowest BCUT2D eigenvalue weighted by atomic mass is 10.1. The van der Waals surface area contributed by atoms with Crippen LogP contribution >= 0.6 is 0 Å². The van der Waals surface area contributed by atoms with Gasteiger partial charge in [-0.25, -0.2) is 0 Å². The van der Waals surface area contributed by atoms with E-state index in [1.807, 2.05) is 121 Å². The first-order valence-corrected chi connectivity index (χ1v) is 16.8. The van der Waals surface area contributed by atoms with Gasteiger partial charge in [0.1, 0.15) is 55.0 Å². The van der Waals surface area contributed by atoms with Gasteiger partial charge in [-0.15, -0.1) is 0 Å². The van der Waals surface area contributed by atoms with Crippen molar-refractivity contribution in [2.24, 2.45) is 0 Å². The molecule has 260 valence electrons. The van der Waals surface area contributed by atoms with Crippen LogP contribution in [0.25, 0.3) is 0 Å². The van der Waals surface area contributed by atoms with Crippen molar-refractivity contribution in [1.29, 1.82) is 0 Å². The lowest BCUT2D eigenvalue weighted by Gasteiger charge is -2.16. The van der Waals surface area contributed by atoms with Crippen LogP contribution < -0.4 is 28.4 Å². The van der Waals surface area contributed by atoms with Crippen molar-refractivity contribution >= 4 is 5.97 Å². The van der Waals surface area contributed by atoms with E-state index in [9.17, 15) is 4.79 Å². The normalized spacial score (nSPS) is 10.3. The number of benzene rings is 6. The maximum Gasteiger partial charge on any atom is 0.308 e. The minimum Gasteiger partial charge on any atom is -0.496 e. The molecule has 0 aliphatic carbocycles. The van der Waals surface area contributed by atoms with E-state index in [-0.39, 0.29) is 19.0 Å². The van der Waals surface area contributed by atoms with Gasteiger partial charge in [0.15, 0.2) is 11.5 Å². The lowest BCUT2D eigenvalue weighted by molar-refractivity contribution is -0.131. The summed E-state index contributed by atoms with van der Waals surface area (Å²) < 4.78 is 36.6. The quantitative estimate of drug-likeness (QED) is 0.0641. The molecule has 0 aromatic heterocycles. The van der Waals surface area contributed by atoms with Gasteiger partial charge in [0, 0.05) is 31.2 Å². The van der Waals surface area contributed by atoms with Gasteiger partial charge in [-0.05, 0) is 22.3 Å². The zero-order valence-electron chi connectivity index (χ0n) is 29.0. The van der Waals surface area contributed by atoms with Crippen LogP contribution in [0.2, 0.25) is 0 Å². The predicted molar refractivity (Wildman–Crippen MR) is 200 cm³/mol. The molecule has 0 fully saturated rings. The van der Waals surface area contributed by atoms with Crippen LogP contribution in [0.4, 0.5) is 0 Å². The van der Waals surface area contributed by atoms with E-state index in [2.05, 4.69) is 11.8 Å². The first-order chi connectivity index (χ1) is 25.5. The number of esters is 1. The summed E-state index contributed by atoms with van der Waals surface area (Å²) >= 11 is 0. The molecule has 6 rings (SSSR count). The number of carbonyl (C=O) groups excluding carboxylic acids is 1. The fourth-order valence-electron chi connectivity index (χ4n) is 5.21. The van der Waals surface area contributed by atoms with Crippen molar-refractivity contribution in [3.05, 3.63) is 179 Å². The van der Waals surface area contributed by atoms with E-state index in [0.717, 1.165) is 22.3 Å². The molecule has 0 N–H and O–H groups in total. The molecule has 6 aromatic rings. The molecule has 0 amide bonds. The Kier molecular flexibility index (Phi) is 12.1. The molecule has 0 saturated carbocycles. The van der Waals surface area contributed by atoms with Crippen molar-refractivity contribution < 1.29 is 33.2 Å². The lowest BCUT2D eigenvalue weighted by Crippen LogP contribution is -2.06. The van der Waals surface area contributed by atoms with E-state index < -0.39 is 5.97 Å². The predicted octanol–water partition coefficient (Wildman–Crippen LogP) is 9.34. The summed E-state index contributed by atoms with van der Waals surface area (Å²) in [5.41, 5.74) is 4.83. The van der Waals surface area contributed by atoms with Crippen LogP contribution in [0.15, 0.2) is 146 Å². The average molecular weight is 691 g/mol. The van der Waals surface area contributed by atoms with Crippen LogP contribution in [0, 0.1) is 11.8 Å². The summed E-state index contributed by atoms with van der Waals surface area (Å²) in [4.78, 5) is 12.3. The summed E-state index contributed by atoms with van der Waals surface area (Å²) in [7, 11) is 1.59. The molecule has 6 aromatic carbocycles. The van der Waals surface area contributed by atoms with Crippen LogP contribution in [-0.4, -0.2) is 13.1 Å². The first kappa shape index (κ1) is 35.2. The Labute approximate surface area is 304 Å². The third-order valence-electron chi connectivity index (χ3n) is 7.85. The number of hydrogen-bond acceptors (Lipinski definition) is 7. The minimum absolute atomic E-state index is 0.224. The molecular weight excluding hydrogens is 652 g/mol. The molecule has 0 unspecified atom stereocenters. The maximum atomic E-state index is 12.3. The monoisotopic (exact) mass is 690 g/mol. The summed E-state index contributed by atoms with van der Waals surface area (Å²) in [5.74, 6) is 8.55. The van der Waals surface area contributed by atoms with E-state index in [0.29, 0.717) is 53.1 Å². The third kappa shape index (κ3) is 9.96. The van der Waals surface area contributed by atoms with Gasteiger partial charge in [-0.3, -0.25) is 4.79 Å². The Morgan fingerprint density at radius 1 is 0.481 bits per heavy atom. The topological polar surface area (TPSA) is 72.5 Å². The van der Waals surface area contributed by atoms with E-state index >= 15 is 0 Å². The summed E-state index contributed by atoms with van der Waals surface area (Å²) in [6.45, 7) is 2.50. The third-order valence-corrected chi connectivity index (χ3v) is 7.85. The molecular formula is C45H38O7. The van der Waals surface area contributed by atoms with E-state index in [1.54, 1.807) is 31.4 Å². The average Bonchev–Trinajstić information content (AvgIpc) is 3.19. The number of methoxy groups -OCH3 is 1. The van der Waals surface area contributed by atoms with Crippen molar-refractivity contribution in [2.75, 3.05) is 7.11 Å². The van der Waals surface area contributed by atoms with Gasteiger partial charge in [-0.1, -0.05) is 133 Å². The fourth-order valence-corrected chi connectivity index (χ4v) is 5.21. The number of ether oxygens (including phenoxy) is 6. The molecule has 7 nitrogen and oxygen atoms in total. The standard InChI is InChI=1S/C45H38O7/c1-33(46)52-41-28-45(51-32-37-21-13-6-14-22-37)44(50-31-36-19-11-5-12-20-36)25-38(41)23-24-40-42(48-29-34-15-7-3-8-16-34)26-39(47-2)27-43(40)49-30-35-17-9-4-10-18-35/h3-22,25-28H,29-32H2,1-2H3. The molecule has 0 aliphatic rings. The summed E-state index contributed by atoms with van der Waals surface area (Å²) in [5, 5.41) is 0. The summed E-state index contributed by atoms with van der Waals surface area (Å²) in [6.07, 6.45) is 0. The second kappa shape index (κ2) is 17.8. The van der Waals surface area contributed by atoms with E-state index in [1.165, 1.54) is 6.92 Å². The Bertz CT molecular complexity index is 2060. The van der Waals surface area contributed by atoms with E-state index in [4.69, 9.17) is 28.4 Å². The molecule has 0 saturated heterocycles. The van der Waals surface area contributed by atoms with Crippen molar-refractivity contribution in [2.45, 2.75) is 33.4 Å². The zero-order chi connectivity index (χ0) is 36.0. The molecule has 0 atom stereocenters. The number of carbonyl (C=O) groups is 1. The van der Waals surface area contributed by atoms with Gasteiger partial charge in [0.25, 0.3) is 0 Å². The highest BCUT2D eigenvalue weighted by atomic mass is 16.5. The number of hydrogen-bond donors (Lipinski definition) is 0.